The van der Waals surface area contributed by atoms with E-state index in [0.717, 1.165) is 38.6 Å². The monoisotopic (exact) mass is 371 g/mol. The molecule has 2 aromatic rings. The van der Waals surface area contributed by atoms with Gasteiger partial charge in [0, 0.05) is 36.3 Å². The summed E-state index contributed by atoms with van der Waals surface area (Å²) in [5, 5.41) is 9.48. The van der Waals surface area contributed by atoms with E-state index < -0.39 is 17.2 Å². The number of aromatic carboxylic acids is 1. The lowest BCUT2D eigenvalue weighted by Crippen LogP contribution is -2.59. The van der Waals surface area contributed by atoms with Gasteiger partial charge in [-0.1, -0.05) is 0 Å². The molecule has 0 unspecified atom stereocenters. The second-order valence-electron chi connectivity index (χ2n) is 8.20. The Balaban J connectivity index is 1.71. The van der Waals surface area contributed by atoms with Crippen LogP contribution in [0.1, 0.15) is 48.5 Å². The number of fused-ring (bicyclic) bond motifs is 4. The van der Waals surface area contributed by atoms with Crippen molar-refractivity contribution in [1.29, 1.82) is 0 Å². The number of piperidine rings is 2. The SMILES string of the molecule is N[C@H]1C[C@H]2CC[C@@H]1N(c1cc3c(cc1F)c(=O)c(C(=O)O)cn3C1CC1)C2. The van der Waals surface area contributed by atoms with E-state index in [1.165, 1.54) is 12.3 Å². The van der Waals surface area contributed by atoms with Crippen LogP contribution < -0.4 is 16.1 Å². The van der Waals surface area contributed by atoms with Crippen molar-refractivity contribution in [3.05, 3.63) is 39.9 Å². The Hall–Kier alpha value is -2.41. The maximum absolute atomic E-state index is 15.0. The summed E-state index contributed by atoms with van der Waals surface area (Å²) in [6.45, 7) is 0.779. The Bertz CT molecular complexity index is 1010. The van der Waals surface area contributed by atoms with E-state index in [1.54, 1.807) is 6.07 Å². The molecule has 0 spiro atoms. The molecule has 3 atom stereocenters. The number of rotatable bonds is 3. The molecule has 2 aliphatic heterocycles. The van der Waals surface area contributed by atoms with Crippen LogP contribution in [0.2, 0.25) is 0 Å². The molecule has 1 aromatic heterocycles. The zero-order valence-corrected chi connectivity index (χ0v) is 14.9. The molecule has 0 radical (unpaired) electrons. The first kappa shape index (κ1) is 16.7. The third kappa shape index (κ3) is 2.56. The Labute approximate surface area is 155 Å². The maximum Gasteiger partial charge on any atom is 0.341 e. The molecule has 6 rings (SSSR count). The van der Waals surface area contributed by atoms with E-state index in [9.17, 15) is 14.7 Å². The molecule has 3 N–H and O–H groups in total. The summed E-state index contributed by atoms with van der Waals surface area (Å²) < 4.78 is 16.9. The molecule has 27 heavy (non-hydrogen) atoms. The van der Waals surface area contributed by atoms with Gasteiger partial charge < -0.3 is 20.3 Å². The molecule has 0 amide bonds. The smallest absolute Gasteiger partial charge is 0.341 e. The zero-order chi connectivity index (χ0) is 18.9. The topological polar surface area (TPSA) is 88.6 Å². The molecule has 142 valence electrons. The molecule has 3 heterocycles. The number of nitrogens with zero attached hydrogens (tertiary/aromatic N) is 2. The average Bonchev–Trinajstić information content (AvgIpc) is 3.47. The van der Waals surface area contributed by atoms with Crippen LogP contribution in [-0.4, -0.2) is 34.3 Å². The van der Waals surface area contributed by atoms with Crippen LogP contribution in [-0.2, 0) is 0 Å². The molecule has 7 heteroatoms. The summed E-state index contributed by atoms with van der Waals surface area (Å²) in [6.07, 6.45) is 6.34. The number of carbonyl (C=O) groups is 1. The van der Waals surface area contributed by atoms with Crippen LogP contribution in [0.4, 0.5) is 10.1 Å². The van der Waals surface area contributed by atoms with Crippen molar-refractivity contribution in [2.75, 3.05) is 11.4 Å². The number of carboxylic acid groups (broad SMARTS) is 1. The van der Waals surface area contributed by atoms with Gasteiger partial charge in [0.15, 0.2) is 0 Å². The number of benzene rings is 1. The zero-order valence-electron chi connectivity index (χ0n) is 14.9. The van der Waals surface area contributed by atoms with Crippen molar-refractivity contribution in [3.63, 3.8) is 0 Å². The predicted molar refractivity (Wildman–Crippen MR) is 99.8 cm³/mol. The minimum atomic E-state index is -1.28. The summed E-state index contributed by atoms with van der Waals surface area (Å²) in [6, 6.07) is 3.26. The van der Waals surface area contributed by atoms with Crippen molar-refractivity contribution in [3.8, 4) is 0 Å². The quantitative estimate of drug-likeness (QED) is 0.865. The van der Waals surface area contributed by atoms with Crippen molar-refractivity contribution < 1.29 is 14.3 Å². The first-order valence-corrected chi connectivity index (χ1v) is 9.58. The number of anilines is 1. The van der Waals surface area contributed by atoms with Gasteiger partial charge in [0.2, 0.25) is 5.43 Å². The van der Waals surface area contributed by atoms with Gasteiger partial charge in [-0.3, -0.25) is 4.79 Å². The summed E-state index contributed by atoms with van der Waals surface area (Å²) >= 11 is 0. The molecule has 2 saturated heterocycles. The van der Waals surface area contributed by atoms with Crippen LogP contribution in [0.5, 0.6) is 0 Å². The second-order valence-corrected chi connectivity index (χ2v) is 8.20. The fraction of sp³-hybridized carbons (Fsp3) is 0.500. The van der Waals surface area contributed by atoms with Crippen molar-refractivity contribution in [2.45, 2.75) is 50.2 Å². The van der Waals surface area contributed by atoms with Crippen LogP contribution in [0.25, 0.3) is 10.9 Å². The number of hydrogen-bond acceptors (Lipinski definition) is 4. The number of pyridine rings is 1. The highest BCUT2D eigenvalue weighted by Crippen LogP contribution is 2.41. The first-order valence-electron chi connectivity index (χ1n) is 9.58. The van der Waals surface area contributed by atoms with Crippen LogP contribution in [0.15, 0.2) is 23.1 Å². The standard InChI is InChI=1S/C20H22FN3O3/c21-14-6-12-17(23(11-2-3-11)9-13(19(12)25)20(26)27)7-18(14)24-8-10-1-4-16(24)15(22)5-10/h6-7,9-11,15-16H,1-5,8,22H2,(H,26,27)/t10-,15+,16+/m1/s1. The summed E-state index contributed by atoms with van der Waals surface area (Å²) in [5.74, 6) is -1.29. The van der Waals surface area contributed by atoms with E-state index in [4.69, 9.17) is 5.73 Å². The maximum atomic E-state index is 15.0. The van der Waals surface area contributed by atoms with Gasteiger partial charge in [0.05, 0.1) is 11.2 Å². The highest BCUT2D eigenvalue weighted by molar-refractivity contribution is 5.93. The normalized spacial score (nSPS) is 27.3. The lowest BCUT2D eigenvalue weighted by atomic mass is 9.76. The van der Waals surface area contributed by atoms with Gasteiger partial charge in [-0.2, -0.15) is 0 Å². The van der Waals surface area contributed by atoms with Crippen molar-refractivity contribution in [2.24, 2.45) is 11.7 Å². The molecule has 4 fully saturated rings. The van der Waals surface area contributed by atoms with E-state index >= 15 is 4.39 Å². The van der Waals surface area contributed by atoms with Gasteiger partial charge in [-0.05, 0) is 50.2 Å². The van der Waals surface area contributed by atoms with Gasteiger partial charge in [0.25, 0.3) is 0 Å². The fourth-order valence-corrected chi connectivity index (χ4v) is 4.91. The number of nitrogens with two attached hydrogens (primary N) is 1. The molecular weight excluding hydrogens is 349 g/mol. The number of halogens is 1. The Kier molecular flexibility index (Phi) is 3.59. The molecule has 2 bridgehead atoms. The third-order valence-electron chi connectivity index (χ3n) is 6.41. The largest absolute Gasteiger partial charge is 0.477 e. The minimum Gasteiger partial charge on any atom is -0.477 e. The van der Waals surface area contributed by atoms with Gasteiger partial charge in [-0.15, -0.1) is 0 Å². The van der Waals surface area contributed by atoms with Crippen LogP contribution in [0, 0.1) is 11.7 Å². The summed E-state index contributed by atoms with van der Waals surface area (Å²) in [7, 11) is 0. The number of carboxylic acids is 1. The molecule has 2 aliphatic carbocycles. The van der Waals surface area contributed by atoms with Gasteiger partial charge >= 0.3 is 5.97 Å². The molecular formula is C20H22FN3O3. The van der Waals surface area contributed by atoms with Gasteiger partial charge in [0.1, 0.15) is 11.4 Å². The van der Waals surface area contributed by atoms with E-state index in [0.29, 0.717) is 17.1 Å². The van der Waals surface area contributed by atoms with Crippen LogP contribution >= 0.6 is 0 Å². The van der Waals surface area contributed by atoms with Crippen molar-refractivity contribution >= 4 is 22.6 Å². The second kappa shape index (κ2) is 5.79. The average molecular weight is 371 g/mol. The fourth-order valence-electron chi connectivity index (χ4n) is 4.91. The van der Waals surface area contributed by atoms with Crippen molar-refractivity contribution in [1.82, 2.24) is 4.57 Å². The van der Waals surface area contributed by atoms with Crippen LogP contribution in [0.3, 0.4) is 0 Å². The lowest BCUT2D eigenvalue weighted by Gasteiger charge is -2.50. The lowest BCUT2D eigenvalue weighted by molar-refractivity contribution is 0.0695. The Morgan fingerprint density at radius 3 is 2.63 bits per heavy atom. The summed E-state index contributed by atoms with van der Waals surface area (Å²) in [4.78, 5) is 26.1. The number of aromatic nitrogens is 1. The van der Waals surface area contributed by atoms with E-state index in [-0.39, 0.29) is 29.1 Å². The molecule has 6 nitrogen and oxygen atoms in total. The third-order valence-corrected chi connectivity index (χ3v) is 6.41. The van der Waals surface area contributed by atoms with E-state index in [1.807, 2.05) is 4.57 Å². The first-order chi connectivity index (χ1) is 12.9. The predicted octanol–water partition coefficient (Wildman–Crippen LogP) is 2.49. The van der Waals surface area contributed by atoms with Gasteiger partial charge in [-0.25, -0.2) is 9.18 Å². The molecule has 4 aliphatic rings. The highest BCUT2D eigenvalue weighted by Gasteiger charge is 2.40. The highest BCUT2D eigenvalue weighted by atomic mass is 19.1. The minimum absolute atomic E-state index is 0.0348. The Morgan fingerprint density at radius 1 is 1.22 bits per heavy atom. The molecule has 1 aromatic carbocycles. The number of hydrogen-bond donors (Lipinski definition) is 2. The summed E-state index contributed by atoms with van der Waals surface area (Å²) in [5.41, 5.74) is 6.44. The van der Waals surface area contributed by atoms with E-state index in [2.05, 4.69) is 4.90 Å². The molecule has 2 saturated carbocycles. The Morgan fingerprint density at radius 2 is 2.00 bits per heavy atom.